The van der Waals surface area contributed by atoms with Gasteiger partial charge < -0.3 is 29.9 Å². The normalized spacial score (nSPS) is 14.3. The molecule has 1 aromatic carbocycles. The van der Waals surface area contributed by atoms with Gasteiger partial charge in [-0.2, -0.15) is 0 Å². The van der Waals surface area contributed by atoms with Crippen LogP contribution in [0.4, 0.5) is 27.4 Å². The molecule has 0 atom stereocenters. The highest BCUT2D eigenvalue weighted by atomic mass is 19.1. The Morgan fingerprint density at radius 3 is 2.24 bits per heavy atom. The van der Waals surface area contributed by atoms with Gasteiger partial charge in [-0.3, -0.25) is 0 Å². The monoisotopic (exact) mass is 404 g/mol. The Morgan fingerprint density at radius 2 is 1.62 bits per heavy atom. The molecule has 1 aliphatic heterocycles. The Morgan fingerprint density at radius 1 is 1.00 bits per heavy atom. The topological polar surface area (TPSA) is 80.0 Å². The number of hydrogen-bond acceptors (Lipinski definition) is 8. The third kappa shape index (κ3) is 5.04. The van der Waals surface area contributed by atoms with Crippen LogP contribution in [-0.2, 0) is 9.47 Å². The molecule has 2 N–H and O–H groups in total. The van der Waals surface area contributed by atoms with E-state index < -0.39 is 0 Å². The minimum atomic E-state index is -0.197. The fourth-order valence-electron chi connectivity index (χ4n) is 3.48. The maximum Gasteiger partial charge on any atom is 0.157 e. The number of rotatable bonds is 9. The summed E-state index contributed by atoms with van der Waals surface area (Å²) >= 11 is 0. The molecule has 2 aromatic rings. The van der Waals surface area contributed by atoms with E-state index in [1.165, 1.54) is 12.4 Å². The van der Waals surface area contributed by atoms with Crippen LogP contribution >= 0.6 is 0 Å². The van der Waals surface area contributed by atoms with Crippen molar-refractivity contribution < 1.29 is 13.9 Å². The summed E-state index contributed by atoms with van der Waals surface area (Å²) in [5.41, 5.74) is 7.64. The summed E-state index contributed by atoms with van der Waals surface area (Å²) in [5, 5.41) is 0. The van der Waals surface area contributed by atoms with E-state index in [1.807, 2.05) is 21.9 Å². The SMILES string of the molecule is COCCN(CCOC)c1ncnc(N2CCN(c3ccccc3F)CC2)c1N. The third-order valence-electron chi connectivity index (χ3n) is 5.04. The van der Waals surface area contributed by atoms with Crippen molar-refractivity contribution >= 4 is 23.0 Å². The quantitative estimate of drug-likeness (QED) is 0.676. The maximum absolute atomic E-state index is 14.1. The van der Waals surface area contributed by atoms with Crippen LogP contribution in [0.2, 0.25) is 0 Å². The second-order valence-electron chi connectivity index (χ2n) is 6.83. The van der Waals surface area contributed by atoms with E-state index in [9.17, 15) is 4.39 Å². The van der Waals surface area contributed by atoms with Gasteiger partial charge in [0.25, 0.3) is 0 Å². The molecule has 3 rings (SSSR count). The lowest BCUT2D eigenvalue weighted by Gasteiger charge is -2.37. The number of nitrogens with zero attached hydrogens (tertiary/aromatic N) is 5. The van der Waals surface area contributed by atoms with Gasteiger partial charge in [-0.05, 0) is 12.1 Å². The molecule has 0 bridgehead atoms. The van der Waals surface area contributed by atoms with Crippen molar-refractivity contribution in [2.75, 3.05) is 87.1 Å². The molecule has 2 heterocycles. The van der Waals surface area contributed by atoms with Gasteiger partial charge in [0.2, 0.25) is 0 Å². The molecule has 29 heavy (non-hydrogen) atoms. The molecule has 158 valence electrons. The standard InChI is InChI=1S/C20H29FN6O2/c1-28-13-11-27(12-14-29-2)20-18(22)19(23-15-24-20)26-9-7-25(8-10-26)17-6-4-3-5-16(17)21/h3-6,15H,7-14,22H2,1-2H3. The Bertz CT molecular complexity index is 777. The molecule has 0 saturated carbocycles. The van der Waals surface area contributed by atoms with Crippen molar-refractivity contribution in [3.8, 4) is 0 Å². The minimum absolute atomic E-state index is 0.197. The zero-order valence-corrected chi connectivity index (χ0v) is 17.1. The summed E-state index contributed by atoms with van der Waals surface area (Å²) < 4.78 is 24.5. The smallest absolute Gasteiger partial charge is 0.157 e. The van der Waals surface area contributed by atoms with E-state index in [2.05, 4.69) is 14.9 Å². The van der Waals surface area contributed by atoms with Crippen LogP contribution in [0.15, 0.2) is 30.6 Å². The van der Waals surface area contributed by atoms with Crippen molar-refractivity contribution in [3.63, 3.8) is 0 Å². The molecule has 0 radical (unpaired) electrons. The van der Waals surface area contributed by atoms with Gasteiger partial charge in [0, 0.05) is 53.5 Å². The van der Waals surface area contributed by atoms with Gasteiger partial charge in [0.15, 0.2) is 11.6 Å². The van der Waals surface area contributed by atoms with Crippen molar-refractivity contribution in [1.82, 2.24) is 9.97 Å². The zero-order valence-electron chi connectivity index (χ0n) is 17.1. The fourth-order valence-corrected chi connectivity index (χ4v) is 3.48. The predicted molar refractivity (Wildman–Crippen MR) is 113 cm³/mol. The number of benzene rings is 1. The molecular weight excluding hydrogens is 375 g/mol. The maximum atomic E-state index is 14.1. The molecule has 1 saturated heterocycles. The van der Waals surface area contributed by atoms with Crippen LogP contribution in [0, 0.1) is 5.82 Å². The lowest BCUT2D eigenvalue weighted by molar-refractivity contribution is 0.190. The summed E-state index contributed by atoms with van der Waals surface area (Å²) in [6.07, 6.45) is 1.54. The minimum Gasteiger partial charge on any atom is -0.393 e. The number of anilines is 4. The lowest BCUT2D eigenvalue weighted by atomic mass is 10.2. The molecule has 0 amide bonds. The van der Waals surface area contributed by atoms with Gasteiger partial charge in [0.05, 0.1) is 18.9 Å². The van der Waals surface area contributed by atoms with Gasteiger partial charge in [-0.15, -0.1) is 0 Å². The van der Waals surface area contributed by atoms with Crippen LogP contribution in [0.3, 0.4) is 0 Å². The largest absolute Gasteiger partial charge is 0.393 e. The predicted octanol–water partition coefficient (Wildman–Crippen LogP) is 1.62. The Balaban J connectivity index is 1.73. The Hall–Kier alpha value is -2.65. The lowest BCUT2D eigenvalue weighted by Crippen LogP contribution is -2.47. The van der Waals surface area contributed by atoms with E-state index in [0.29, 0.717) is 75.5 Å². The molecule has 0 unspecified atom stereocenters. The summed E-state index contributed by atoms with van der Waals surface area (Å²) in [4.78, 5) is 15.1. The highest BCUT2D eigenvalue weighted by Crippen LogP contribution is 2.30. The first-order valence-corrected chi connectivity index (χ1v) is 9.73. The molecule has 1 aromatic heterocycles. The second kappa shape index (κ2) is 10.2. The fraction of sp³-hybridized carbons (Fsp3) is 0.500. The Kier molecular flexibility index (Phi) is 7.42. The van der Waals surface area contributed by atoms with E-state index in [0.717, 1.165) is 0 Å². The molecule has 0 aliphatic carbocycles. The number of piperazine rings is 1. The van der Waals surface area contributed by atoms with Gasteiger partial charge in [0.1, 0.15) is 17.8 Å². The van der Waals surface area contributed by atoms with E-state index in [-0.39, 0.29) is 5.82 Å². The second-order valence-corrected chi connectivity index (χ2v) is 6.83. The number of nitrogens with two attached hydrogens (primary N) is 1. The van der Waals surface area contributed by atoms with Crippen LogP contribution in [0.25, 0.3) is 0 Å². The number of halogens is 1. The molecule has 9 heteroatoms. The van der Waals surface area contributed by atoms with Crippen molar-refractivity contribution in [2.45, 2.75) is 0 Å². The van der Waals surface area contributed by atoms with Gasteiger partial charge in [-0.25, -0.2) is 14.4 Å². The van der Waals surface area contributed by atoms with Crippen molar-refractivity contribution in [2.24, 2.45) is 0 Å². The highest BCUT2D eigenvalue weighted by molar-refractivity contribution is 5.76. The van der Waals surface area contributed by atoms with Crippen LogP contribution < -0.4 is 20.4 Å². The molecule has 1 fully saturated rings. The van der Waals surface area contributed by atoms with Crippen LogP contribution in [-0.4, -0.2) is 76.7 Å². The first kappa shape index (κ1) is 21.1. The molecule has 8 nitrogen and oxygen atoms in total. The zero-order chi connectivity index (χ0) is 20.6. The highest BCUT2D eigenvalue weighted by Gasteiger charge is 2.24. The average Bonchev–Trinajstić information content (AvgIpc) is 2.75. The summed E-state index contributed by atoms with van der Waals surface area (Å²) in [5.74, 6) is 1.19. The van der Waals surface area contributed by atoms with Gasteiger partial charge in [-0.1, -0.05) is 12.1 Å². The van der Waals surface area contributed by atoms with Crippen molar-refractivity contribution in [1.29, 1.82) is 0 Å². The molecular formula is C20H29FN6O2. The number of nitrogen functional groups attached to an aromatic ring is 1. The van der Waals surface area contributed by atoms with E-state index in [1.54, 1.807) is 20.3 Å². The van der Waals surface area contributed by atoms with Crippen LogP contribution in [0.5, 0.6) is 0 Å². The van der Waals surface area contributed by atoms with E-state index >= 15 is 0 Å². The summed E-state index contributed by atoms with van der Waals surface area (Å²) in [6, 6.07) is 6.86. The summed E-state index contributed by atoms with van der Waals surface area (Å²) in [7, 11) is 3.33. The van der Waals surface area contributed by atoms with E-state index in [4.69, 9.17) is 15.2 Å². The first-order valence-electron chi connectivity index (χ1n) is 9.73. The van der Waals surface area contributed by atoms with Crippen LogP contribution in [0.1, 0.15) is 0 Å². The Labute approximate surface area is 171 Å². The average molecular weight is 404 g/mol. The molecule has 1 aliphatic rings. The number of aromatic nitrogens is 2. The third-order valence-corrected chi connectivity index (χ3v) is 5.04. The number of hydrogen-bond donors (Lipinski definition) is 1. The number of methoxy groups -OCH3 is 2. The van der Waals surface area contributed by atoms with Gasteiger partial charge >= 0.3 is 0 Å². The molecule has 0 spiro atoms. The number of ether oxygens (including phenoxy) is 2. The van der Waals surface area contributed by atoms with Crippen molar-refractivity contribution in [3.05, 3.63) is 36.4 Å². The summed E-state index contributed by atoms with van der Waals surface area (Å²) in [6.45, 7) is 5.21. The number of para-hydroxylation sites is 1. The first-order chi connectivity index (χ1) is 14.2.